The number of carbonyl (C=O) groups is 2. The third-order valence-electron chi connectivity index (χ3n) is 2.98. The number of hydrogen-bond acceptors (Lipinski definition) is 3. The number of amides is 1. The Balaban J connectivity index is 2.31. The van der Waals surface area contributed by atoms with Gasteiger partial charge in [-0.25, -0.2) is 4.79 Å². The largest absolute Gasteiger partial charge is 0.480 e. The Labute approximate surface area is 114 Å². The Morgan fingerprint density at radius 3 is 2.58 bits per heavy atom. The summed E-state index contributed by atoms with van der Waals surface area (Å²) in [4.78, 5) is 25.0. The van der Waals surface area contributed by atoms with Crippen LogP contribution < -0.4 is 0 Å². The molecule has 1 unspecified atom stereocenters. The Hall–Kier alpha value is -2.08. The molecule has 0 saturated heterocycles. The SMILES string of the molecule is CC(C(=O)O)N(C)C(=O)c1sccc1-n1cccc1. The average Bonchev–Trinajstić information content (AvgIpc) is 3.05. The smallest absolute Gasteiger partial charge is 0.326 e. The quantitative estimate of drug-likeness (QED) is 0.931. The Bertz CT molecular complexity index is 589. The second kappa shape index (κ2) is 5.27. The van der Waals surface area contributed by atoms with Crippen LogP contribution in [0, 0.1) is 0 Å². The van der Waals surface area contributed by atoms with Gasteiger partial charge in [0.25, 0.3) is 5.91 Å². The first-order valence-corrected chi connectivity index (χ1v) is 6.61. The van der Waals surface area contributed by atoms with E-state index in [-0.39, 0.29) is 5.91 Å². The number of likely N-dealkylation sites (N-methyl/N-ethyl adjacent to an activating group) is 1. The first-order valence-electron chi connectivity index (χ1n) is 5.73. The van der Waals surface area contributed by atoms with E-state index in [0.29, 0.717) is 4.88 Å². The molecule has 1 N–H and O–H groups in total. The third-order valence-corrected chi connectivity index (χ3v) is 3.87. The molecule has 2 rings (SSSR count). The molecule has 0 aliphatic rings. The molecule has 0 saturated carbocycles. The second-order valence-electron chi connectivity index (χ2n) is 4.16. The fourth-order valence-electron chi connectivity index (χ4n) is 1.66. The molecule has 0 fully saturated rings. The van der Waals surface area contributed by atoms with Gasteiger partial charge in [0, 0.05) is 19.4 Å². The first-order chi connectivity index (χ1) is 9.02. The molecule has 6 heteroatoms. The maximum atomic E-state index is 12.3. The van der Waals surface area contributed by atoms with E-state index in [1.165, 1.54) is 30.2 Å². The van der Waals surface area contributed by atoms with Gasteiger partial charge in [-0.1, -0.05) is 0 Å². The van der Waals surface area contributed by atoms with Crippen LogP contribution >= 0.6 is 11.3 Å². The highest BCUT2D eigenvalue weighted by Crippen LogP contribution is 2.23. The number of hydrogen-bond donors (Lipinski definition) is 1. The van der Waals surface area contributed by atoms with Gasteiger partial charge in [0.2, 0.25) is 0 Å². The van der Waals surface area contributed by atoms with E-state index in [4.69, 9.17) is 5.11 Å². The van der Waals surface area contributed by atoms with Gasteiger partial charge in [-0.05, 0) is 30.5 Å². The average molecular weight is 278 g/mol. The van der Waals surface area contributed by atoms with Crippen LogP contribution in [0.15, 0.2) is 36.0 Å². The summed E-state index contributed by atoms with van der Waals surface area (Å²) in [6.45, 7) is 1.49. The summed E-state index contributed by atoms with van der Waals surface area (Å²) in [5.74, 6) is -1.30. The van der Waals surface area contributed by atoms with E-state index in [9.17, 15) is 9.59 Å². The van der Waals surface area contributed by atoms with E-state index < -0.39 is 12.0 Å². The maximum Gasteiger partial charge on any atom is 0.326 e. The summed E-state index contributed by atoms with van der Waals surface area (Å²) >= 11 is 1.31. The molecule has 0 aliphatic carbocycles. The maximum absolute atomic E-state index is 12.3. The highest BCUT2D eigenvalue weighted by atomic mass is 32.1. The molecule has 19 heavy (non-hydrogen) atoms. The van der Waals surface area contributed by atoms with Crippen molar-refractivity contribution in [3.63, 3.8) is 0 Å². The lowest BCUT2D eigenvalue weighted by atomic mass is 10.2. The van der Waals surface area contributed by atoms with Crippen LogP contribution in [0.25, 0.3) is 5.69 Å². The Morgan fingerprint density at radius 1 is 1.37 bits per heavy atom. The number of carboxylic acids is 1. The fourth-order valence-corrected chi connectivity index (χ4v) is 2.53. The lowest BCUT2D eigenvalue weighted by Crippen LogP contribution is -2.40. The number of carbonyl (C=O) groups excluding carboxylic acids is 1. The van der Waals surface area contributed by atoms with Crippen molar-refractivity contribution in [1.29, 1.82) is 0 Å². The van der Waals surface area contributed by atoms with Gasteiger partial charge in [-0.3, -0.25) is 4.79 Å². The van der Waals surface area contributed by atoms with E-state index in [2.05, 4.69) is 0 Å². The molecule has 0 spiro atoms. The number of nitrogens with zero attached hydrogens (tertiary/aromatic N) is 2. The van der Waals surface area contributed by atoms with Gasteiger partial charge in [0.15, 0.2) is 0 Å². The van der Waals surface area contributed by atoms with Crippen LogP contribution in [0.4, 0.5) is 0 Å². The van der Waals surface area contributed by atoms with Crippen molar-refractivity contribution in [3.8, 4) is 5.69 Å². The predicted octanol–water partition coefficient (Wildman–Crippen LogP) is 2.08. The summed E-state index contributed by atoms with van der Waals surface area (Å²) in [6, 6.07) is 4.73. The summed E-state index contributed by atoms with van der Waals surface area (Å²) in [6.07, 6.45) is 3.69. The summed E-state index contributed by atoms with van der Waals surface area (Å²) in [7, 11) is 1.50. The molecule has 1 atom stereocenters. The number of thiophene rings is 1. The molecular weight excluding hydrogens is 264 g/mol. The van der Waals surface area contributed by atoms with Crippen LogP contribution in [-0.4, -0.2) is 39.5 Å². The van der Waals surface area contributed by atoms with Gasteiger partial charge >= 0.3 is 5.97 Å². The van der Waals surface area contributed by atoms with Crippen LogP contribution in [-0.2, 0) is 4.79 Å². The second-order valence-corrected chi connectivity index (χ2v) is 5.07. The van der Waals surface area contributed by atoms with Gasteiger partial charge in [-0.2, -0.15) is 0 Å². The standard InChI is InChI=1S/C13H14N2O3S/c1-9(13(17)18)14(2)12(16)11-10(5-8-19-11)15-6-3-4-7-15/h3-9H,1-2H3,(H,17,18). The molecule has 5 nitrogen and oxygen atoms in total. The zero-order chi connectivity index (χ0) is 14.0. The normalized spacial score (nSPS) is 12.1. The van der Waals surface area contributed by atoms with Crippen molar-refractivity contribution in [1.82, 2.24) is 9.47 Å². The molecular formula is C13H14N2O3S. The minimum atomic E-state index is -1.02. The van der Waals surface area contributed by atoms with Crippen LogP contribution in [0.1, 0.15) is 16.6 Å². The topological polar surface area (TPSA) is 62.5 Å². The van der Waals surface area contributed by atoms with Crippen molar-refractivity contribution in [2.75, 3.05) is 7.05 Å². The molecule has 0 aliphatic heterocycles. The molecule has 2 aromatic rings. The number of aliphatic carboxylic acids is 1. The number of rotatable bonds is 4. The molecule has 1 amide bonds. The summed E-state index contributed by atoms with van der Waals surface area (Å²) < 4.78 is 1.84. The molecule has 0 aromatic carbocycles. The summed E-state index contributed by atoms with van der Waals surface area (Å²) in [5, 5.41) is 10.8. The van der Waals surface area contributed by atoms with Crippen LogP contribution in [0.2, 0.25) is 0 Å². The van der Waals surface area contributed by atoms with Crippen LogP contribution in [0.3, 0.4) is 0 Å². The Morgan fingerprint density at radius 2 is 2.00 bits per heavy atom. The molecule has 0 bridgehead atoms. The van der Waals surface area contributed by atoms with E-state index in [0.717, 1.165) is 5.69 Å². The number of carboxylic acid groups (broad SMARTS) is 1. The zero-order valence-corrected chi connectivity index (χ0v) is 11.4. The lowest BCUT2D eigenvalue weighted by molar-refractivity contribution is -0.141. The summed E-state index contributed by atoms with van der Waals surface area (Å²) in [5.41, 5.74) is 0.768. The van der Waals surface area contributed by atoms with Crippen molar-refractivity contribution in [2.45, 2.75) is 13.0 Å². The minimum absolute atomic E-state index is 0.284. The lowest BCUT2D eigenvalue weighted by Gasteiger charge is -2.21. The monoisotopic (exact) mass is 278 g/mol. The van der Waals surface area contributed by atoms with Gasteiger partial charge in [0.1, 0.15) is 10.9 Å². The first kappa shape index (κ1) is 13.4. The molecule has 100 valence electrons. The molecule has 2 heterocycles. The third kappa shape index (κ3) is 2.53. The highest BCUT2D eigenvalue weighted by Gasteiger charge is 2.25. The molecule has 0 radical (unpaired) electrons. The van der Waals surface area contributed by atoms with E-state index in [1.54, 1.807) is 0 Å². The minimum Gasteiger partial charge on any atom is -0.480 e. The van der Waals surface area contributed by atoms with Gasteiger partial charge in [-0.15, -0.1) is 11.3 Å². The van der Waals surface area contributed by atoms with Crippen molar-refractivity contribution in [2.24, 2.45) is 0 Å². The fraction of sp³-hybridized carbons (Fsp3) is 0.231. The van der Waals surface area contributed by atoms with Gasteiger partial charge < -0.3 is 14.6 Å². The predicted molar refractivity (Wildman–Crippen MR) is 72.8 cm³/mol. The highest BCUT2D eigenvalue weighted by molar-refractivity contribution is 7.12. The Kier molecular flexibility index (Phi) is 3.71. The van der Waals surface area contributed by atoms with Crippen molar-refractivity contribution >= 4 is 23.2 Å². The molecule has 2 aromatic heterocycles. The van der Waals surface area contributed by atoms with Gasteiger partial charge in [0.05, 0.1) is 5.69 Å². The van der Waals surface area contributed by atoms with E-state index in [1.807, 2.05) is 40.5 Å². The zero-order valence-electron chi connectivity index (χ0n) is 10.6. The number of aromatic nitrogens is 1. The van der Waals surface area contributed by atoms with Crippen LogP contribution in [0.5, 0.6) is 0 Å². The van der Waals surface area contributed by atoms with Crippen molar-refractivity contribution < 1.29 is 14.7 Å². The van der Waals surface area contributed by atoms with E-state index >= 15 is 0 Å². The van der Waals surface area contributed by atoms with Crippen molar-refractivity contribution in [3.05, 3.63) is 40.8 Å².